The second-order valence-electron chi connectivity index (χ2n) is 10.1. The molecular formula is C25H34N9O8P. The number of nitrogens with one attached hydrogen (secondary N) is 1. The molecule has 18 heteroatoms. The number of esters is 1. The average Bonchev–Trinajstić information content (AvgIpc) is 3.46. The summed E-state index contributed by atoms with van der Waals surface area (Å²) >= 11 is 0. The fourth-order valence-electron chi connectivity index (χ4n) is 4.40. The SMILES string of the molecule is CCOc1nc(N)nc2c1ncn2[C@@H]1O[C@H](COP(=O)(N[C@H](C)C(=O)OC(C)C)Oc2ccccc2)[C@@H](O)[C@@]1(C)N=[N+]=[N-]. The van der Waals surface area contributed by atoms with Crippen LogP contribution < -0.4 is 20.1 Å². The molecule has 2 aromatic heterocycles. The van der Waals surface area contributed by atoms with Crippen LogP contribution in [0.25, 0.3) is 21.6 Å². The van der Waals surface area contributed by atoms with Gasteiger partial charge in [-0.1, -0.05) is 23.3 Å². The molecule has 3 aromatic rings. The molecule has 0 saturated carbocycles. The summed E-state index contributed by atoms with van der Waals surface area (Å²) in [5.41, 5.74) is 14.1. The number of hydrogen-bond acceptors (Lipinski definition) is 13. The van der Waals surface area contributed by atoms with E-state index in [1.54, 1.807) is 51.1 Å². The summed E-state index contributed by atoms with van der Waals surface area (Å²) in [6, 6.07) is 7.09. The van der Waals surface area contributed by atoms with Crippen LogP contribution in [0.5, 0.6) is 11.6 Å². The highest BCUT2D eigenvalue weighted by Gasteiger charge is 2.55. The molecule has 1 aromatic carbocycles. The van der Waals surface area contributed by atoms with Crippen molar-refractivity contribution >= 4 is 30.8 Å². The van der Waals surface area contributed by atoms with Crippen LogP contribution in [0.3, 0.4) is 0 Å². The monoisotopic (exact) mass is 619 g/mol. The predicted octanol–water partition coefficient (Wildman–Crippen LogP) is 3.27. The maximum atomic E-state index is 13.9. The lowest BCUT2D eigenvalue weighted by Gasteiger charge is -2.28. The second kappa shape index (κ2) is 13.1. The van der Waals surface area contributed by atoms with Crippen molar-refractivity contribution in [1.82, 2.24) is 24.6 Å². The van der Waals surface area contributed by atoms with E-state index < -0.39 is 56.4 Å². The maximum absolute atomic E-state index is 13.9. The fourth-order valence-corrected chi connectivity index (χ4v) is 5.91. The zero-order valence-electron chi connectivity index (χ0n) is 24.2. The number of ether oxygens (including phenoxy) is 3. The third-order valence-electron chi connectivity index (χ3n) is 6.39. The molecule has 3 heterocycles. The van der Waals surface area contributed by atoms with Crippen LogP contribution >= 0.6 is 7.75 Å². The molecule has 6 atom stereocenters. The Bertz CT molecular complexity index is 1530. The minimum atomic E-state index is -4.29. The van der Waals surface area contributed by atoms with E-state index in [0.29, 0.717) is 6.61 Å². The van der Waals surface area contributed by atoms with Gasteiger partial charge in [0.1, 0.15) is 23.4 Å². The summed E-state index contributed by atoms with van der Waals surface area (Å²) in [6.45, 7) is 7.83. The number of para-hydroxylation sites is 1. The highest BCUT2D eigenvalue weighted by atomic mass is 31.2. The van der Waals surface area contributed by atoms with Gasteiger partial charge in [0.2, 0.25) is 11.8 Å². The van der Waals surface area contributed by atoms with Crippen LogP contribution in [0.4, 0.5) is 5.95 Å². The lowest BCUT2D eigenvalue weighted by molar-refractivity contribution is -0.149. The number of rotatable bonds is 13. The van der Waals surface area contributed by atoms with Gasteiger partial charge in [-0.15, -0.1) is 0 Å². The number of carbonyl (C=O) groups is 1. The zero-order chi connectivity index (χ0) is 31.4. The van der Waals surface area contributed by atoms with Crippen LogP contribution in [0.2, 0.25) is 0 Å². The molecule has 4 rings (SSSR count). The number of fused-ring (bicyclic) bond motifs is 1. The summed E-state index contributed by atoms with van der Waals surface area (Å²) in [7, 11) is -4.29. The van der Waals surface area contributed by atoms with E-state index in [1.807, 2.05) is 0 Å². The van der Waals surface area contributed by atoms with E-state index in [-0.39, 0.29) is 28.7 Å². The molecule has 0 radical (unpaired) electrons. The summed E-state index contributed by atoms with van der Waals surface area (Å²) in [6.07, 6.45) is -2.88. The second-order valence-corrected chi connectivity index (χ2v) is 11.8. The molecule has 43 heavy (non-hydrogen) atoms. The number of hydrogen-bond donors (Lipinski definition) is 3. The van der Waals surface area contributed by atoms with Crippen molar-refractivity contribution in [3.05, 3.63) is 47.1 Å². The van der Waals surface area contributed by atoms with Crippen LogP contribution in [-0.2, 0) is 23.4 Å². The van der Waals surface area contributed by atoms with Gasteiger partial charge in [0.05, 0.1) is 31.7 Å². The van der Waals surface area contributed by atoms with Crippen molar-refractivity contribution in [2.45, 2.75) is 70.7 Å². The predicted molar refractivity (Wildman–Crippen MR) is 153 cm³/mol. The highest BCUT2D eigenvalue weighted by molar-refractivity contribution is 7.52. The third-order valence-corrected chi connectivity index (χ3v) is 8.03. The maximum Gasteiger partial charge on any atom is 0.459 e. The summed E-state index contributed by atoms with van der Waals surface area (Å²) in [4.78, 5) is 28.0. The molecule has 0 spiro atoms. The van der Waals surface area contributed by atoms with Crippen LogP contribution in [0.1, 0.15) is 40.8 Å². The molecular weight excluding hydrogens is 585 g/mol. The van der Waals surface area contributed by atoms with E-state index in [0.717, 1.165) is 0 Å². The number of anilines is 1. The number of aliphatic hydroxyl groups excluding tert-OH is 1. The van der Waals surface area contributed by atoms with Gasteiger partial charge in [0.25, 0.3) is 0 Å². The Hall–Kier alpha value is -3.98. The number of nitrogen functional groups attached to an aromatic ring is 1. The van der Waals surface area contributed by atoms with Gasteiger partial charge in [-0.2, -0.15) is 15.1 Å². The number of azide groups is 1. The molecule has 0 aliphatic carbocycles. The van der Waals surface area contributed by atoms with Crippen LogP contribution in [-0.4, -0.2) is 73.7 Å². The van der Waals surface area contributed by atoms with Gasteiger partial charge in [-0.05, 0) is 52.3 Å². The molecule has 1 aliphatic rings. The molecule has 0 bridgehead atoms. The van der Waals surface area contributed by atoms with Gasteiger partial charge in [0, 0.05) is 4.91 Å². The first-order valence-corrected chi connectivity index (χ1v) is 14.9. The molecule has 4 N–H and O–H groups in total. The van der Waals surface area contributed by atoms with E-state index in [2.05, 4.69) is 30.1 Å². The van der Waals surface area contributed by atoms with Crippen LogP contribution in [0.15, 0.2) is 41.8 Å². The Kier molecular flexibility index (Phi) is 9.75. The number of imidazole rings is 1. The lowest BCUT2D eigenvalue weighted by Crippen LogP contribution is -2.43. The van der Waals surface area contributed by atoms with Crippen molar-refractivity contribution < 1.29 is 37.7 Å². The van der Waals surface area contributed by atoms with Gasteiger partial charge in [0.15, 0.2) is 17.4 Å². The number of nitrogens with zero attached hydrogens (tertiary/aromatic N) is 7. The summed E-state index contributed by atoms with van der Waals surface area (Å²) in [5, 5.41) is 17.7. The molecule has 17 nitrogen and oxygen atoms in total. The van der Waals surface area contributed by atoms with Crippen molar-refractivity contribution in [3.8, 4) is 11.6 Å². The molecule has 232 valence electrons. The Morgan fingerprint density at radius 2 is 2.05 bits per heavy atom. The number of aliphatic hydroxyl groups is 1. The summed E-state index contributed by atoms with van der Waals surface area (Å²) < 4.78 is 43.6. The first kappa shape index (κ1) is 31.9. The largest absolute Gasteiger partial charge is 0.476 e. The summed E-state index contributed by atoms with van der Waals surface area (Å²) in [5.74, 6) is -0.442. The Morgan fingerprint density at radius 3 is 2.70 bits per heavy atom. The van der Waals surface area contributed by atoms with Gasteiger partial charge >= 0.3 is 13.7 Å². The molecule has 1 fully saturated rings. The van der Waals surface area contributed by atoms with Crippen molar-refractivity contribution in [2.75, 3.05) is 18.9 Å². The zero-order valence-corrected chi connectivity index (χ0v) is 25.1. The van der Waals surface area contributed by atoms with Gasteiger partial charge in [-0.3, -0.25) is 13.9 Å². The third kappa shape index (κ3) is 6.99. The minimum Gasteiger partial charge on any atom is -0.476 e. The smallest absolute Gasteiger partial charge is 0.459 e. The van der Waals surface area contributed by atoms with Crippen molar-refractivity contribution in [1.29, 1.82) is 0 Å². The van der Waals surface area contributed by atoms with Gasteiger partial charge in [-0.25, -0.2) is 9.55 Å². The number of carbonyl (C=O) groups excluding carboxylic acids is 1. The lowest BCUT2D eigenvalue weighted by atomic mass is 9.93. The first-order valence-electron chi connectivity index (χ1n) is 13.4. The van der Waals surface area contributed by atoms with Crippen molar-refractivity contribution in [3.63, 3.8) is 0 Å². The van der Waals surface area contributed by atoms with E-state index in [1.165, 1.54) is 24.7 Å². The Labute approximate surface area is 246 Å². The number of benzene rings is 1. The minimum absolute atomic E-state index is 0.100. The number of nitrogens with two attached hydrogens (primary N) is 1. The number of aromatic nitrogens is 4. The first-order chi connectivity index (χ1) is 20.4. The quantitative estimate of drug-likeness (QED) is 0.0821. The van der Waals surface area contributed by atoms with E-state index in [4.69, 9.17) is 29.0 Å². The Morgan fingerprint density at radius 1 is 1.33 bits per heavy atom. The molecule has 0 amide bonds. The van der Waals surface area contributed by atoms with Crippen molar-refractivity contribution in [2.24, 2.45) is 5.11 Å². The fraction of sp³-hybridized carbons (Fsp3) is 0.520. The Balaban J connectivity index is 1.63. The molecule has 1 unspecified atom stereocenters. The van der Waals surface area contributed by atoms with Crippen LogP contribution in [0, 0.1) is 0 Å². The van der Waals surface area contributed by atoms with E-state index in [9.17, 15) is 20.0 Å². The average molecular weight is 620 g/mol. The topological polar surface area (TPSA) is 231 Å². The highest BCUT2D eigenvalue weighted by Crippen LogP contribution is 2.48. The normalized spacial score (nSPS) is 23.8. The molecule has 1 aliphatic heterocycles. The van der Waals surface area contributed by atoms with E-state index >= 15 is 0 Å². The van der Waals surface area contributed by atoms with Gasteiger partial charge < -0.3 is 29.6 Å². The standard InChI is InChI=1S/C25H34N9O8P/c1-6-38-21-18-20(29-24(26)30-21)34(13-28-18)23-25(5,32-33-27)19(35)17(41-23)12-39-43(37,42-16-10-8-7-9-11-16)31-15(4)22(36)40-14(2)3/h7-11,13-15,17,19,23,35H,6,12H2,1-5H3,(H,31,37)(H2,26,29,30)/t15-,17-,19-,23-,25-,43?/m1/s1. The molecule has 1 saturated heterocycles.